The summed E-state index contributed by atoms with van der Waals surface area (Å²) in [4.78, 5) is 2.46. The molecule has 1 saturated carbocycles. The summed E-state index contributed by atoms with van der Waals surface area (Å²) in [5.41, 5.74) is 6.04. The van der Waals surface area contributed by atoms with Gasteiger partial charge in [-0.1, -0.05) is 20.3 Å². The van der Waals surface area contributed by atoms with Gasteiger partial charge in [-0.25, -0.2) is 0 Å². The van der Waals surface area contributed by atoms with E-state index in [1.54, 1.807) is 0 Å². The van der Waals surface area contributed by atoms with Crippen molar-refractivity contribution in [3.05, 3.63) is 0 Å². The van der Waals surface area contributed by atoms with Gasteiger partial charge >= 0.3 is 0 Å². The van der Waals surface area contributed by atoms with Crippen LogP contribution in [0, 0.1) is 5.92 Å². The molecule has 0 saturated heterocycles. The molecule has 0 aromatic carbocycles. The minimum Gasteiger partial charge on any atom is -0.326 e. The molecule has 2 nitrogen and oxygen atoms in total. The highest BCUT2D eigenvalue weighted by molar-refractivity contribution is 4.86. The fourth-order valence-electron chi connectivity index (χ4n) is 2.14. The molecule has 1 rings (SSSR count). The number of rotatable bonds is 4. The minimum absolute atomic E-state index is 0.428. The van der Waals surface area contributed by atoms with E-state index in [1.807, 2.05) is 0 Å². The standard InChI is InChI=1S/C11H24N2/c1-9(2)7-8-13(3)11-6-4-5-10(11)12/h9-11H,4-8,12H2,1-3H3. The van der Waals surface area contributed by atoms with E-state index in [0.29, 0.717) is 12.1 Å². The summed E-state index contributed by atoms with van der Waals surface area (Å²) < 4.78 is 0. The lowest BCUT2D eigenvalue weighted by Crippen LogP contribution is -2.42. The SMILES string of the molecule is CC(C)CCN(C)C1CCCC1N. The number of likely N-dealkylation sites (N-methyl/N-ethyl adjacent to an activating group) is 1. The molecule has 78 valence electrons. The van der Waals surface area contributed by atoms with E-state index in [2.05, 4.69) is 25.8 Å². The molecule has 2 N–H and O–H groups in total. The van der Waals surface area contributed by atoms with Crippen molar-refractivity contribution in [3.8, 4) is 0 Å². The summed E-state index contributed by atoms with van der Waals surface area (Å²) in [5.74, 6) is 0.806. The Hall–Kier alpha value is -0.0800. The Morgan fingerprint density at radius 3 is 2.54 bits per heavy atom. The minimum atomic E-state index is 0.428. The summed E-state index contributed by atoms with van der Waals surface area (Å²) >= 11 is 0. The van der Waals surface area contributed by atoms with E-state index in [9.17, 15) is 0 Å². The third-order valence-electron chi connectivity index (χ3n) is 3.16. The molecule has 0 heterocycles. The van der Waals surface area contributed by atoms with Gasteiger partial charge in [0.25, 0.3) is 0 Å². The Morgan fingerprint density at radius 1 is 1.38 bits per heavy atom. The van der Waals surface area contributed by atoms with Crippen LogP contribution in [0.15, 0.2) is 0 Å². The van der Waals surface area contributed by atoms with Crippen LogP contribution in [0.2, 0.25) is 0 Å². The Morgan fingerprint density at radius 2 is 2.08 bits per heavy atom. The van der Waals surface area contributed by atoms with Gasteiger partial charge < -0.3 is 10.6 Å². The van der Waals surface area contributed by atoms with Gasteiger partial charge in [-0.05, 0) is 38.8 Å². The van der Waals surface area contributed by atoms with Crippen LogP contribution in [0.4, 0.5) is 0 Å². The Kier molecular flexibility index (Phi) is 4.20. The second-order valence-electron chi connectivity index (χ2n) is 4.83. The Balaban J connectivity index is 2.25. The zero-order chi connectivity index (χ0) is 9.84. The first-order valence-corrected chi connectivity index (χ1v) is 5.57. The van der Waals surface area contributed by atoms with E-state index in [4.69, 9.17) is 5.73 Å². The molecule has 0 bridgehead atoms. The Labute approximate surface area is 82.5 Å². The largest absolute Gasteiger partial charge is 0.326 e. The van der Waals surface area contributed by atoms with Crippen molar-refractivity contribution in [2.45, 2.75) is 51.6 Å². The predicted molar refractivity (Wildman–Crippen MR) is 57.7 cm³/mol. The van der Waals surface area contributed by atoms with Crippen LogP contribution in [-0.4, -0.2) is 30.6 Å². The monoisotopic (exact) mass is 184 g/mol. The van der Waals surface area contributed by atoms with Crippen molar-refractivity contribution in [2.24, 2.45) is 11.7 Å². The zero-order valence-electron chi connectivity index (χ0n) is 9.29. The number of nitrogens with two attached hydrogens (primary N) is 1. The topological polar surface area (TPSA) is 29.3 Å². The number of nitrogens with zero attached hydrogens (tertiary/aromatic N) is 1. The van der Waals surface area contributed by atoms with Crippen molar-refractivity contribution in [2.75, 3.05) is 13.6 Å². The van der Waals surface area contributed by atoms with Crippen LogP contribution in [0.1, 0.15) is 39.5 Å². The van der Waals surface area contributed by atoms with E-state index >= 15 is 0 Å². The van der Waals surface area contributed by atoms with Crippen LogP contribution in [-0.2, 0) is 0 Å². The predicted octanol–water partition coefficient (Wildman–Crippen LogP) is 1.84. The fourth-order valence-corrected chi connectivity index (χ4v) is 2.14. The molecule has 13 heavy (non-hydrogen) atoms. The van der Waals surface area contributed by atoms with E-state index in [-0.39, 0.29) is 0 Å². The van der Waals surface area contributed by atoms with Crippen LogP contribution in [0.3, 0.4) is 0 Å². The van der Waals surface area contributed by atoms with Crippen LogP contribution in [0.25, 0.3) is 0 Å². The second kappa shape index (κ2) is 4.97. The average molecular weight is 184 g/mol. The first-order chi connectivity index (χ1) is 6.11. The quantitative estimate of drug-likeness (QED) is 0.722. The van der Waals surface area contributed by atoms with Gasteiger partial charge in [0.15, 0.2) is 0 Å². The molecular formula is C11H24N2. The first-order valence-electron chi connectivity index (χ1n) is 5.57. The lowest BCUT2D eigenvalue weighted by Gasteiger charge is -2.28. The third kappa shape index (κ3) is 3.28. The molecular weight excluding hydrogens is 160 g/mol. The zero-order valence-corrected chi connectivity index (χ0v) is 9.29. The smallest absolute Gasteiger partial charge is 0.0244 e. The highest BCUT2D eigenvalue weighted by Gasteiger charge is 2.26. The second-order valence-corrected chi connectivity index (χ2v) is 4.83. The van der Waals surface area contributed by atoms with Crippen molar-refractivity contribution in [1.29, 1.82) is 0 Å². The molecule has 0 aromatic heterocycles. The summed E-state index contributed by atoms with van der Waals surface area (Å²) in [6.07, 6.45) is 5.13. The molecule has 1 aliphatic rings. The summed E-state index contributed by atoms with van der Waals surface area (Å²) in [7, 11) is 2.22. The highest BCUT2D eigenvalue weighted by Crippen LogP contribution is 2.22. The van der Waals surface area contributed by atoms with Gasteiger partial charge in [0.05, 0.1) is 0 Å². The van der Waals surface area contributed by atoms with Gasteiger partial charge in [0, 0.05) is 12.1 Å². The van der Waals surface area contributed by atoms with Crippen LogP contribution >= 0.6 is 0 Å². The summed E-state index contributed by atoms with van der Waals surface area (Å²) in [6.45, 7) is 5.76. The highest BCUT2D eigenvalue weighted by atomic mass is 15.1. The Bertz CT molecular complexity index is 145. The molecule has 0 spiro atoms. The van der Waals surface area contributed by atoms with E-state index in [0.717, 1.165) is 5.92 Å². The maximum atomic E-state index is 6.04. The fraction of sp³-hybridized carbons (Fsp3) is 1.00. The van der Waals surface area contributed by atoms with Gasteiger partial charge in [-0.15, -0.1) is 0 Å². The molecule has 1 aliphatic carbocycles. The van der Waals surface area contributed by atoms with Crippen LogP contribution < -0.4 is 5.73 Å². The lowest BCUT2D eigenvalue weighted by atomic mass is 10.1. The van der Waals surface area contributed by atoms with Crippen LogP contribution in [0.5, 0.6) is 0 Å². The third-order valence-corrected chi connectivity index (χ3v) is 3.16. The molecule has 0 amide bonds. The van der Waals surface area contributed by atoms with Crippen molar-refractivity contribution in [3.63, 3.8) is 0 Å². The van der Waals surface area contributed by atoms with Gasteiger partial charge in [0.1, 0.15) is 0 Å². The van der Waals surface area contributed by atoms with E-state index in [1.165, 1.54) is 32.2 Å². The summed E-state index contributed by atoms with van der Waals surface area (Å²) in [5, 5.41) is 0. The van der Waals surface area contributed by atoms with Crippen molar-refractivity contribution < 1.29 is 0 Å². The average Bonchev–Trinajstić information content (AvgIpc) is 2.47. The molecule has 0 aliphatic heterocycles. The first kappa shape index (κ1) is 11.0. The molecule has 0 aromatic rings. The number of hydrogen-bond donors (Lipinski definition) is 1. The molecule has 2 heteroatoms. The molecule has 2 atom stereocenters. The van der Waals surface area contributed by atoms with E-state index < -0.39 is 0 Å². The lowest BCUT2D eigenvalue weighted by molar-refractivity contribution is 0.217. The number of hydrogen-bond acceptors (Lipinski definition) is 2. The van der Waals surface area contributed by atoms with Gasteiger partial charge in [-0.3, -0.25) is 0 Å². The van der Waals surface area contributed by atoms with Gasteiger partial charge in [-0.2, -0.15) is 0 Å². The van der Waals surface area contributed by atoms with Gasteiger partial charge in [0.2, 0.25) is 0 Å². The summed E-state index contributed by atoms with van der Waals surface area (Å²) in [6, 6.07) is 1.08. The molecule has 1 fully saturated rings. The van der Waals surface area contributed by atoms with Crippen molar-refractivity contribution >= 4 is 0 Å². The molecule has 2 unspecified atom stereocenters. The maximum absolute atomic E-state index is 6.04. The normalized spacial score (nSPS) is 29.1. The van der Waals surface area contributed by atoms with Crippen molar-refractivity contribution in [1.82, 2.24) is 4.90 Å². The maximum Gasteiger partial charge on any atom is 0.0244 e. The molecule has 0 radical (unpaired) electrons.